The van der Waals surface area contributed by atoms with Crippen LogP contribution in [0.15, 0.2) is 18.2 Å². The van der Waals surface area contributed by atoms with Gasteiger partial charge in [0.05, 0.1) is 0 Å². The molecule has 0 saturated heterocycles. The minimum Gasteiger partial charge on any atom is -0.442 e. The van der Waals surface area contributed by atoms with E-state index in [1.165, 1.54) is 0 Å². The van der Waals surface area contributed by atoms with Gasteiger partial charge in [-0.05, 0) is 41.5 Å². The molecule has 1 amide bonds. The molecule has 0 bridgehead atoms. The quantitative estimate of drug-likeness (QED) is 0.802. The van der Waals surface area contributed by atoms with E-state index in [2.05, 4.69) is 27.7 Å². The molecule has 0 aliphatic carbocycles. The van der Waals surface area contributed by atoms with Gasteiger partial charge in [-0.1, -0.05) is 40.2 Å². The summed E-state index contributed by atoms with van der Waals surface area (Å²) >= 11 is 0. The van der Waals surface area contributed by atoms with E-state index in [1.807, 2.05) is 18.2 Å². The standard InChI is InChI=1S/C16H26N2O2/c1-5-6-7-14(20-15(18)19)12-10-11(17)8-9-13(12)16(2,3)4/h8-10,14H,5-7,17H2,1-4H3,(H2,18,19). The number of anilines is 1. The van der Waals surface area contributed by atoms with E-state index in [-0.39, 0.29) is 11.5 Å². The lowest BCUT2D eigenvalue weighted by atomic mass is 9.81. The summed E-state index contributed by atoms with van der Waals surface area (Å²) in [5, 5.41) is 0. The second-order valence-corrected chi connectivity index (χ2v) is 6.16. The molecule has 1 unspecified atom stereocenters. The molecular weight excluding hydrogens is 252 g/mol. The molecule has 0 fully saturated rings. The van der Waals surface area contributed by atoms with Crippen LogP contribution in [0.1, 0.15) is 64.2 Å². The van der Waals surface area contributed by atoms with Crippen molar-refractivity contribution < 1.29 is 9.53 Å². The van der Waals surface area contributed by atoms with E-state index in [1.54, 1.807) is 0 Å². The van der Waals surface area contributed by atoms with Crippen LogP contribution in [0.25, 0.3) is 0 Å². The highest BCUT2D eigenvalue weighted by Crippen LogP contribution is 2.35. The first kappa shape index (κ1) is 16.3. The van der Waals surface area contributed by atoms with Crippen molar-refractivity contribution in [3.05, 3.63) is 29.3 Å². The highest BCUT2D eigenvalue weighted by molar-refractivity contribution is 5.65. The van der Waals surface area contributed by atoms with Crippen LogP contribution < -0.4 is 11.5 Å². The number of benzene rings is 1. The third-order valence-corrected chi connectivity index (χ3v) is 3.31. The molecule has 0 saturated carbocycles. The van der Waals surface area contributed by atoms with Crippen molar-refractivity contribution in [1.29, 1.82) is 0 Å². The van der Waals surface area contributed by atoms with E-state index in [9.17, 15) is 4.79 Å². The normalized spacial score (nSPS) is 13.0. The van der Waals surface area contributed by atoms with Gasteiger partial charge in [0.25, 0.3) is 0 Å². The summed E-state index contributed by atoms with van der Waals surface area (Å²) in [6.07, 6.45) is 1.69. The molecule has 112 valence electrons. The molecule has 20 heavy (non-hydrogen) atoms. The molecule has 0 spiro atoms. The summed E-state index contributed by atoms with van der Waals surface area (Å²) in [5.74, 6) is 0. The molecule has 0 aliphatic rings. The van der Waals surface area contributed by atoms with Gasteiger partial charge in [-0.25, -0.2) is 4.79 Å². The summed E-state index contributed by atoms with van der Waals surface area (Å²) in [6.45, 7) is 8.49. The van der Waals surface area contributed by atoms with Crippen molar-refractivity contribution in [3.8, 4) is 0 Å². The van der Waals surface area contributed by atoms with Crippen LogP contribution in [0.3, 0.4) is 0 Å². The molecule has 4 N–H and O–H groups in total. The molecule has 1 rings (SSSR count). The van der Waals surface area contributed by atoms with Crippen molar-refractivity contribution in [1.82, 2.24) is 0 Å². The monoisotopic (exact) mass is 278 g/mol. The zero-order chi connectivity index (χ0) is 15.3. The molecular formula is C16H26N2O2. The van der Waals surface area contributed by atoms with Crippen LogP contribution in [0.5, 0.6) is 0 Å². The second-order valence-electron chi connectivity index (χ2n) is 6.16. The molecule has 1 aromatic rings. The van der Waals surface area contributed by atoms with E-state index < -0.39 is 6.09 Å². The Morgan fingerprint density at radius 2 is 2.00 bits per heavy atom. The number of ether oxygens (including phenoxy) is 1. The number of hydrogen-bond acceptors (Lipinski definition) is 3. The number of nitrogen functional groups attached to an aromatic ring is 1. The summed E-state index contributed by atoms with van der Waals surface area (Å²) in [4.78, 5) is 11.2. The highest BCUT2D eigenvalue weighted by Gasteiger charge is 2.24. The zero-order valence-electron chi connectivity index (χ0n) is 12.9. The summed E-state index contributed by atoms with van der Waals surface area (Å²) in [5.41, 5.74) is 13.8. The first-order valence-electron chi connectivity index (χ1n) is 7.11. The molecule has 4 nitrogen and oxygen atoms in total. The molecule has 0 aromatic heterocycles. The summed E-state index contributed by atoms with van der Waals surface area (Å²) in [7, 11) is 0. The van der Waals surface area contributed by atoms with Gasteiger partial charge in [-0.3, -0.25) is 0 Å². The number of unbranched alkanes of at least 4 members (excludes halogenated alkanes) is 1. The Morgan fingerprint density at radius 1 is 1.35 bits per heavy atom. The van der Waals surface area contributed by atoms with Gasteiger partial charge in [0.15, 0.2) is 0 Å². The number of rotatable bonds is 5. The van der Waals surface area contributed by atoms with Gasteiger partial charge in [0.1, 0.15) is 6.10 Å². The van der Waals surface area contributed by atoms with Gasteiger partial charge < -0.3 is 16.2 Å². The Kier molecular flexibility index (Phi) is 5.43. The van der Waals surface area contributed by atoms with Crippen LogP contribution >= 0.6 is 0 Å². The molecule has 1 aromatic carbocycles. The van der Waals surface area contributed by atoms with Gasteiger partial charge in [0.2, 0.25) is 0 Å². The van der Waals surface area contributed by atoms with E-state index in [0.29, 0.717) is 5.69 Å². The summed E-state index contributed by atoms with van der Waals surface area (Å²) in [6, 6.07) is 5.78. The van der Waals surface area contributed by atoms with Crippen molar-refractivity contribution in [2.45, 2.75) is 58.5 Å². The maximum Gasteiger partial charge on any atom is 0.405 e. The van der Waals surface area contributed by atoms with Crippen LogP contribution in [0.2, 0.25) is 0 Å². The SMILES string of the molecule is CCCCC(OC(N)=O)c1cc(N)ccc1C(C)(C)C. The first-order chi connectivity index (χ1) is 9.25. The predicted octanol–water partition coefficient (Wildman–Crippen LogP) is 3.89. The Morgan fingerprint density at radius 3 is 2.50 bits per heavy atom. The minimum atomic E-state index is -0.742. The van der Waals surface area contributed by atoms with Gasteiger partial charge in [0, 0.05) is 5.69 Å². The summed E-state index contributed by atoms with van der Waals surface area (Å²) < 4.78 is 5.31. The third-order valence-electron chi connectivity index (χ3n) is 3.31. The predicted molar refractivity (Wildman–Crippen MR) is 82.5 cm³/mol. The van der Waals surface area contributed by atoms with Crippen LogP contribution in [-0.2, 0) is 10.2 Å². The van der Waals surface area contributed by atoms with Crippen molar-refractivity contribution >= 4 is 11.8 Å². The number of nitrogens with two attached hydrogens (primary N) is 2. The van der Waals surface area contributed by atoms with Crippen LogP contribution in [0, 0.1) is 0 Å². The number of carbonyl (C=O) groups is 1. The fourth-order valence-corrected chi connectivity index (χ4v) is 2.34. The molecule has 0 radical (unpaired) electrons. The lowest BCUT2D eigenvalue weighted by Gasteiger charge is -2.27. The van der Waals surface area contributed by atoms with Crippen molar-refractivity contribution in [2.24, 2.45) is 5.73 Å². The maximum atomic E-state index is 11.2. The van der Waals surface area contributed by atoms with E-state index in [4.69, 9.17) is 16.2 Å². The molecule has 1 atom stereocenters. The average Bonchev–Trinajstić information content (AvgIpc) is 2.32. The van der Waals surface area contributed by atoms with Crippen molar-refractivity contribution in [3.63, 3.8) is 0 Å². The lowest BCUT2D eigenvalue weighted by Crippen LogP contribution is -2.22. The van der Waals surface area contributed by atoms with E-state index >= 15 is 0 Å². The number of carbonyl (C=O) groups excluding carboxylic acids is 1. The Bertz CT molecular complexity index is 464. The number of primary amides is 1. The van der Waals surface area contributed by atoms with Crippen LogP contribution in [-0.4, -0.2) is 6.09 Å². The Labute approximate surface area is 121 Å². The fraction of sp³-hybridized carbons (Fsp3) is 0.562. The van der Waals surface area contributed by atoms with Gasteiger partial charge in [-0.2, -0.15) is 0 Å². The minimum absolute atomic E-state index is 0.0471. The highest BCUT2D eigenvalue weighted by atomic mass is 16.6. The molecule has 0 aliphatic heterocycles. The topological polar surface area (TPSA) is 78.3 Å². The number of hydrogen-bond donors (Lipinski definition) is 2. The third kappa shape index (κ3) is 4.44. The van der Waals surface area contributed by atoms with E-state index in [0.717, 1.165) is 30.4 Å². The average molecular weight is 278 g/mol. The number of amides is 1. The molecule has 4 heteroatoms. The lowest BCUT2D eigenvalue weighted by molar-refractivity contribution is 0.0987. The van der Waals surface area contributed by atoms with Gasteiger partial charge >= 0.3 is 6.09 Å². The first-order valence-corrected chi connectivity index (χ1v) is 7.11. The van der Waals surface area contributed by atoms with Crippen LogP contribution in [0.4, 0.5) is 10.5 Å². The maximum absolute atomic E-state index is 11.2. The Hall–Kier alpha value is -1.71. The molecule has 0 heterocycles. The fourth-order valence-electron chi connectivity index (χ4n) is 2.34. The van der Waals surface area contributed by atoms with Gasteiger partial charge in [-0.15, -0.1) is 0 Å². The Balaban J connectivity index is 3.22. The van der Waals surface area contributed by atoms with Crippen molar-refractivity contribution in [2.75, 3.05) is 5.73 Å². The largest absolute Gasteiger partial charge is 0.442 e. The smallest absolute Gasteiger partial charge is 0.405 e. The zero-order valence-corrected chi connectivity index (χ0v) is 12.9. The second kappa shape index (κ2) is 6.64.